The summed E-state index contributed by atoms with van der Waals surface area (Å²) in [6.45, 7) is 0. The number of halogens is 1. The molecule has 2 aromatic carbocycles. The van der Waals surface area contributed by atoms with Gasteiger partial charge in [-0.3, -0.25) is 10.1 Å². The Morgan fingerprint density at radius 1 is 1.11 bits per heavy atom. The molecule has 0 aliphatic rings. The minimum atomic E-state index is -0.431. The minimum Gasteiger partial charge on any atom is -0.258 e. The summed E-state index contributed by atoms with van der Waals surface area (Å²) in [5, 5.41) is 11.2. The molecule has 0 bridgehead atoms. The Bertz CT molecular complexity index is 612. The van der Waals surface area contributed by atoms with Crippen LogP contribution in [0.2, 0.25) is 5.02 Å². The van der Waals surface area contributed by atoms with Gasteiger partial charge >= 0.3 is 0 Å². The SMILES string of the molecule is O=[N+]([O-])c1ccc(C(=S)Sc2ccc(Cl)cc2)cc1. The lowest BCUT2D eigenvalue weighted by Crippen LogP contribution is -1.93. The number of thiocarbonyl (C=S) groups is 1. The molecule has 0 radical (unpaired) electrons. The van der Waals surface area contributed by atoms with Crippen molar-refractivity contribution in [1.29, 1.82) is 0 Å². The predicted molar refractivity (Wildman–Crippen MR) is 82.1 cm³/mol. The first-order valence-electron chi connectivity index (χ1n) is 5.28. The van der Waals surface area contributed by atoms with Gasteiger partial charge in [0.15, 0.2) is 0 Å². The number of benzene rings is 2. The highest BCUT2D eigenvalue weighted by Crippen LogP contribution is 2.26. The fourth-order valence-corrected chi connectivity index (χ4v) is 2.68. The maximum Gasteiger partial charge on any atom is 0.269 e. The van der Waals surface area contributed by atoms with Crippen molar-refractivity contribution >= 4 is 45.5 Å². The Morgan fingerprint density at radius 3 is 2.21 bits per heavy atom. The van der Waals surface area contributed by atoms with E-state index in [9.17, 15) is 10.1 Å². The molecule has 0 spiro atoms. The second-order valence-electron chi connectivity index (χ2n) is 3.65. The lowest BCUT2D eigenvalue weighted by molar-refractivity contribution is -0.384. The first-order chi connectivity index (χ1) is 9.06. The Morgan fingerprint density at radius 2 is 1.68 bits per heavy atom. The van der Waals surface area contributed by atoms with Crippen LogP contribution in [0.25, 0.3) is 0 Å². The van der Waals surface area contributed by atoms with Crippen molar-refractivity contribution in [2.24, 2.45) is 0 Å². The smallest absolute Gasteiger partial charge is 0.258 e. The predicted octanol–water partition coefficient (Wildman–Crippen LogP) is 4.72. The summed E-state index contributed by atoms with van der Waals surface area (Å²) < 4.78 is 0.664. The molecule has 0 heterocycles. The van der Waals surface area contributed by atoms with E-state index in [1.807, 2.05) is 12.1 Å². The molecule has 3 nitrogen and oxygen atoms in total. The van der Waals surface area contributed by atoms with Gasteiger partial charge in [-0.1, -0.05) is 35.6 Å². The average Bonchev–Trinajstić information content (AvgIpc) is 2.41. The zero-order valence-corrected chi connectivity index (χ0v) is 12.0. The van der Waals surface area contributed by atoms with Gasteiger partial charge in [0.25, 0.3) is 5.69 Å². The van der Waals surface area contributed by atoms with Crippen LogP contribution in [0.1, 0.15) is 5.56 Å². The van der Waals surface area contributed by atoms with E-state index in [1.165, 1.54) is 23.9 Å². The van der Waals surface area contributed by atoms with E-state index in [-0.39, 0.29) is 5.69 Å². The monoisotopic (exact) mass is 309 g/mol. The summed E-state index contributed by atoms with van der Waals surface area (Å²) in [6.07, 6.45) is 0. The largest absolute Gasteiger partial charge is 0.269 e. The molecule has 96 valence electrons. The van der Waals surface area contributed by atoms with Crippen LogP contribution in [-0.2, 0) is 0 Å². The Kier molecular flexibility index (Phi) is 4.52. The second-order valence-corrected chi connectivity index (χ2v) is 5.83. The van der Waals surface area contributed by atoms with Crippen molar-refractivity contribution in [3.8, 4) is 0 Å². The molecule has 6 heteroatoms. The topological polar surface area (TPSA) is 43.1 Å². The summed E-state index contributed by atoms with van der Waals surface area (Å²) in [6, 6.07) is 13.6. The van der Waals surface area contributed by atoms with Crippen LogP contribution in [0.15, 0.2) is 53.4 Å². The standard InChI is InChI=1S/C13H8ClNO2S2/c14-10-3-7-12(8-4-10)19-13(18)9-1-5-11(6-2-9)15(16)17/h1-8H. The third-order valence-corrected chi connectivity index (χ3v) is 4.00. The van der Waals surface area contributed by atoms with Gasteiger partial charge in [0, 0.05) is 22.1 Å². The Labute approximate surface area is 124 Å². The number of nitrogens with zero attached hydrogens (tertiary/aromatic N) is 1. The molecule has 0 unspecified atom stereocenters. The molecule has 2 rings (SSSR count). The second kappa shape index (κ2) is 6.14. The lowest BCUT2D eigenvalue weighted by Gasteiger charge is -2.03. The number of nitro groups is 1. The highest BCUT2D eigenvalue weighted by Gasteiger charge is 2.08. The van der Waals surface area contributed by atoms with Crippen molar-refractivity contribution < 1.29 is 4.92 Å². The molecular formula is C13H8ClNO2S2. The summed E-state index contributed by atoms with van der Waals surface area (Å²) in [7, 11) is 0. The first-order valence-corrected chi connectivity index (χ1v) is 6.89. The highest BCUT2D eigenvalue weighted by molar-refractivity contribution is 8.23. The van der Waals surface area contributed by atoms with Gasteiger partial charge in [-0.25, -0.2) is 0 Å². The third-order valence-electron chi connectivity index (χ3n) is 2.34. The van der Waals surface area contributed by atoms with Crippen LogP contribution in [0.4, 0.5) is 5.69 Å². The van der Waals surface area contributed by atoms with Crippen LogP contribution < -0.4 is 0 Å². The molecule has 0 aromatic heterocycles. The van der Waals surface area contributed by atoms with E-state index in [4.69, 9.17) is 23.8 Å². The molecule has 0 aliphatic carbocycles. The van der Waals surface area contributed by atoms with Crippen LogP contribution >= 0.6 is 35.6 Å². The van der Waals surface area contributed by atoms with Crippen molar-refractivity contribution in [1.82, 2.24) is 0 Å². The summed E-state index contributed by atoms with van der Waals surface area (Å²) in [4.78, 5) is 11.1. The number of hydrogen-bond donors (Lipinski definition) is 0. The van der Waals surface area contributed by atoms with Gasteiger partial charge in [0.2, 0.25) is 0 Å². The maximum atomic E-state index is 10.6. The number of hydrogen-bond acceptors (Lipinski definition) is 4. The molecule has 0 saturated carbocycles. The van der Waals surface area contributed by atoms with Gasteiger partial charge in [-0.05, 0) is 42.0 Å². The number of non-ortho nitro benzene ring substituents is 1. The maximum absolute atomic E-state index is 10.6. The molecule has 2 aromatic rings. The van der Waals surface area contributed by atoms with Crippen LogP contribution in [-0.4, -0.2) is 9.12 Å². The molecular weight excluding hydrogens is 302 g/mol. The Balaban J connectivity index is 2.11. The van der Waals surface area contributed by atoms with Gasteiger partial charge in [-0.15, -0.1) is 0 Å². The van der Waals surface area contributed by atoms with E-state index in [2.05, 4.69) is 0 Å². The molecule has 0 atom stereocenters. The fourth-order valence-electron chi connectivity index (χ4n) is 1.39. The van der Waals surface area contributed by atoms with E-state index in [0.717, 1.165) is 10.5 Å². The molecule has 0 fully saturated rings. The fraction of sp³-hybridized carbons (Fsp3) is 0. The minimum absolute atomic E-state index is 0.0584. The van der Waals surface area contributed by atoms with E-state index in [1.54, 1.807) is 24.3 Å². The quantitative estimate of drug-likeness (QED) is 0.356. The zero-order valence-electron chi connectivity index (χ0n) is 9.58. The molecule has 0 aliphatic heterocycles. The Hall–Kier alpha value is -1.43. The van der Waals surface area contributed by atoms with Crippen molar-refractivity contribution in [2.45, 2.75) is 4.90 Å². The van der Waals surface area contributed by atoms with Gasteiger partial charge in [0.05, 0.1) is 9.12 Å². The number of nitro benzene ring substituents is 1. The molecule has 0 N–H and O–H groups in total. The molecule has 19 heavy (non-hydrogen) atoms. The molecule has 0 amide bonds. The van der Waals surface area contributed by atoms with E-state index in [0.29, 0.717) is 9.22 Å². The normalized spacial score (nSPS) is 10.2. The van der Waals surface area contributed by atoms with Crippen molar-refractivity contribution in [3.63, 3.8) is 0 Å². The van der Waals surface area contributed by atoms with Crippen LogP contribution in [0.5, 0.6) is 0 Å². The van der Waals surface area contributed by atoms with Gasteiger partial charge in [-0.2, -0.15) is 0 Å². The third kappa shape index (κ3) is 3.76. The van der Waals surface area contributed by atoms with E-state index < -0.39 is 4.92 Å². The number of thioether (sulfide) groups is 1. The van der Waals surface area contributed by atoms with Gasteiger partial charge in [0.1, 0.15) is 0 Å². The van der Waals surface area contributed by atoms with Crippen molar-refractivity contribution in [2.75, 3.05) is 0 Å². The van der Waals surface area contributed by atoms with Crippen molar-refractivity contribution in [3.05, 3.63) is 69.2 Å². The highest BCUT2D eigenvalue weighted by atomic mass is 35.5. The van der Waals surface area contributed by atoms with Crippen LogP contribution in [0, 0.1) is 10.1 Å². The summed E-state index contributed by atoms with van der Waals surface area (Å²) in [5.74, 6) is 0. The lowest BCUT2D eigenvalue weighted by atomic mass is 10.2. The average molecular weight is 310 g/mol. The first kappa shape index (κ1) is 14.0. The summed E-state index contributed by atoms with van der Waals surface area (Å²) >= 11 is 12.5. The van der Waals surface area contributed by atoms with Gasteiger partial charge < -0.3 is 0 Å². The molecule has 0 saturated heterocycles. The summed E-state index contributed by atoms with van der Waals surface area (Å²) in [5.41, 5.74) is 0.851. The van der Waals surface area contributed by atoms with E-state index >= 15 is 0 Å². The van der Waals surface area contributed by atoms with Crippen LogP contribution in [0.3, 0.4) is 0 Å². The zero-order chi connectivity index (χ0) is 13.8. The number of rotatable bonds is 3.